The first kappa shape index (κ1) is 29.8. The summed E-state index contributed by atoms with van der Waals surface area (Å²) < 4.78 is 0. The van der Waals surface area contributed by atoms with E-state index < -0.39 is 18.1 Å². The van der Waals surface area contributed by atoms with Gasteiger partial charge in [-0.05, 0) is 60.6 Å². The molecule has 8 heteroatoms. The van der Waals surface area contributed by atoms with Crippen LogP contribution in [0.15, 0.2) is 24.3 Å². The Morgan fingerprint density at radius 3 is 2.29 bits per heavy atom. The Kier molecular flexibility index (Phi) is 9.74. The third-order valence-corrected chi connectivity index (χ3v) is 7.79. The highest BCUT2D eigenvalue weighted by atomic mass is 16.3. The van der Waals surface area contributed by atoms with E-state index in [4.69, 9.17) is 0 Å². The van der Waals surface area contributed by atoms with E-state index >= 15 is 0 Å². The maximum Gasteiger partial charge on any atom is 0.252 e. The number of benzene rings is 1. The molecular weight excluding hydrogens is 482 g/mol. The number of nitrogens with zero attached hydrogens (tertiary/aromatic N) is 2. The van der Waals surface area contributed by atoms with Gasteiger partial charge in [-0.25, -0.2) is 0 Å². The third-order valence-electron chi connectivity index (χ3n) is 7.79. The van der Waals surface area contributed by atoms with E-state index in [9.17, 15) is 24.3 Å². The fourth-order valence-electron chi connectivity index (χ4n) is 5.37. The summed E-state index contributed by atoms with van der Waals surface area (Å²) in [4.78, 5) is 54.3. The van der Waals surface area contributed by atoms with Crippen molar-refractivity contribution in [2.75, 3.05) is 19.6 Å². The Morgan fingerprint density at radius 2 is 1.68 bits per heavy atom. The van der Waals surface area contributed by atoms with Crippen molar-refractivity contribution < 1.29 is 24.3 Å². The summed E-state index contributed by atoms with van der Waals surface area (Å²) in [6.07, 6.45) is 1.45. The largest absolute Gasteiger partial charge is 0.383 e. The molecule has 0 aromatic heterocycles. The summed E-state index contributed by atoms with van der Waals surface area (Å²) in [5.41, 5.74) is 1.80. The van der Waals surface area contributed by atoms with Crippen LogP contribution in [-0.4, -0.2) is 76.2 Å². The van der Waals surface area contributed by atoms with Crippen LogP contribution in [0.2, 0.25) is 0 Å². The van der Waals surface area contributed by atoms with E-state index in [1.54, 1.807) is 4.90 Å². The van der Waals surface area contributed by atoms with E-state index in [-0.39, 0.29) is 47.9 Å². The molecule has 3 amide bonds. The second-order valence-electron chi connectivity index (χ2n) is 12.5. The number of fused-ring (bicyclic) bond motifs is 1. The molecule has 0 aliphatic carbocycles. The van der Waals surface area contributed by atoms with Crippen molar-refractivity contribution in [3.05, 3.63) is 35.4 Å². The standard InChI is InChI=1S/C30H45N3O5/c1-19(2)7-12-24(34)29(38)33-18-25(35)27-23(33)14-16-32(27)26(36)17-20(3)13-15-31-28(37)21-8-10-22(11-9-21)30(4,5)6/h8-11,19-20,23-24,27,34H,7,12-18H2,1-6H3,(H,31,37). The van der Waals surface area contributed by atoms with Gasteiger partial charge >= 0.3 is 0 Å². The van der Waals surface area contributed by atoms with Gasteiger partial charge in [-0.1, -0.05) is 53.7 Å². The van der Waals surface area contributed by atoms with Gasteiger partial charge in [0, 0.05) is 25.1 Å². The van der Waals surface area contributed by atoms with Crippen LogP contribution < -0.4 is 5.32 Å². The monoisotopic (exact) mass is 527 g/mol. The molecule has 0 spiro atoms. The van der Waals surface area contributed by atoms with Crippen LogP contribution in [0, 0.1) is 11.8 Å². The number of rotatable bonds is 10. The van der Waals surface area contributed by atoms with Crippen molar-refractivity contribution in [3.63, 3.8) is 0 Å². The van der Waals surface area contributed by atoms with Crippen LogP contribution in [0.5, 0.6) is 0 Å². The summed E-state index contributed by atoms with van der Waals surface area (Å²) >= 11 is 0. The number of nitrogens with one attached hydrogen (secondary N) is 1. The Morgan fingerprint density at radius 1 is 1.03 bits per heavy atom. The molecule has 0 saturated carbocycles. The van der Waals surface area contributed by atoms with Crippen molar-refractivity contribution in [1.82, 2.24) is 15.1 Å². The van der Waals surface area contributed by atoms with Gasteiger partial charge in [0.1, 0.15) is 12.1 Å². The molecule has 1 aromatic carbocycles. The van der Waals surface area contributed by atoms with Gasteiger partial charge < -0.3 is 20.2 Å². The summed E-state index contributed by atoms with van der Waals surface area (Å²) in [6, 6.07) is 6.65. The molecule has 4 unspecified atom stereocenters. The normalized spacial score (nSPS) is 21.0. The van der Waals surface area contributed by atoms with Crippen molar-refractivity contribution >= 4 is 23.5 Å². The van der Waals surface area contributed by atoms with Gasteiger partial charge in [-0.2, -0.15) is 0 Å². The minimum atomic E-state index is -1.11. The van der Waals surface area contributed by atoms with Crippen LogP contribution in [0.25, 0.3) is 0 Å². The Bertz CT molecular complexity index is 1010. The smallest absolute Gasteiger partial charge is 0.252 e. The Labute approximate surface area is 227 Å². The fourth-order valence-corrected chi connectivity index (χ4v) is 5.37. The van der Waals surface area contributed by atoms with Crippen LogP contribution in [0.3, 0.4) is 0 Å². The topological polar surface area (TPSA) is 107 Å². The van der Waals surface area contributed by atoms with E-state index in [1.165, 1.54) is 10.5 Å². The molecule has 0 bridgehead atoms. The molecule has 2 aliphatic rings. The molecule has 2 N–H and O–H groups in total. The van der Waals surface area contributed by atoms with Crippen molar-refractivity contribution in [2.45, 2.75) is 97.2 Å². The number of ketones is 1. The van der Waals surface area contributed by atoms with Gasteiger partial charge in [-0.3, -0.25) is 19.2 Å². The molecule has 2 aliphatic heterocycles. The molecule has 8 nitrogen and oxygen atoms in total. The minimum absolute atomic E-state index is 0.0252. The maximum atomic E-state index is 13.1. The number of hydrogen-bond donors (Lipinski definition) is 2. The van der Waals surface area contributed by atoms with Gasteiger partial charge in [-0.15, -0.1) is 0 Å². The molecular formula is C30H45N3O5. The van der Waals surface area contributed by atoms with E-state index in [0.29, 0.717) is 43.8 Å². The summed E-state index contributed by atoms with van der Waals surface area (Å²) in [6.45, 7) is 13.3. The first-order valence-electron chi connectivity index (χ1n) is 14.0. The molecule has 4 atom stereocenters. The number of carbonyl (C=O) groups is 4. The van der Waals surface area contributed by atoms with Gasteiger partial charge in [0.15, 0.2) is 5.78 Å². The van der Waals surface area contributed by atoms with E-state index in [2.05, 4.69) is 26.1 Å². The second kappa shape index (κ2) is 12.4. The Balaban J connectivity index is 1.47. The zero-order valence-electron chi connectivity index (χ0n) is 23.8. The predicted molar refractivity (Wildman–Crippen MR) is 147 cm³/mol. The highest BCUT2D eigenvalue weighted by molar-refractivity contribution is 5.98. The lowest BCUT2D eigenvalue weighted by Crippen LogP contribution is -2.45. The van der Waals surface area contributed by atoms with Gasteiger partial charge in [0.2, 0.25) is 5.91 Å². The highest BCUT2D eigenvalue weighted by Gasteiger charge is 2.51. The predicted octanol–water partition coefficient (Wildman–Crippen LogP) is 3.31. The molecule has 0 radical (unpaired) electrons. The zero-order chi connectivity index (χ0) is 28.2. The lowest BCUT2D eigenvalue weighted by atomic mass is 9.87. The SMILES string of the molecule is CC(C)CCC(O)C(=O)N1CC(=O)C2C1CCN2C(=O)CC(C)CCNC(=O)c1ccc(C(C)(C)C)cc1. The van der Waals surface area contributed by atoms with Crippen molar-refractivity contribution in [3.8, 4) is 0 Å². The van der Waals surface area contributed by atoms with Crippen LogP contribution in [0.4, 0.5) is 0 Å². The molecule has 210 valence electrons. The first-order valence-corrected chi connectivity index (χ1v) is 14.0. The maximum absolute atomic E-state index is 13.1. The average molecular weight is 528 g/mol. The summed E-state index contributed by atoms with van der Waals surface area (Å²) in [5.74, 6) is -0.376. The van der Waals surface area contributed by atoms with Crippen LogP contribution in [0.1, 0.15) is 89.6 Å². The van der Waals surface area contributed by atoms with E-state index in [1.807, 2.05) is 45.0 Å². The van der Waals surface area contributed by atoms with Crippen molar-refractivity contribution in [2.24, 2.45) is 11.8 Å². The van der Waals surface area contributed by atoms with E-state index in [0.717, 1.165) is 6.42 Å². The number of aliphatic hydroxyl groups excluding tert-OH is 1. The lowest BCUT2D eigenvalue weighted by molar-refractivity contribution is -0.142. The average Bonchev–Trinajstić information content (AvgIpc) is 3.42. The minimum Gasteiger partial charge on any atom is -0.383 e. The molecule has 38 heavy (non-hydrogen) atoms. The van der Waals surface area contributed by atoms with Crippen LogP contribution >= 0.6 is 0 Å². The zero-order valence-corrected chi connectivity index (χ0v) is 23.8. The number of amides is 3. The first-order chi connectivity index (χ1) is 17.8. The number of hydrogen-bond acceptors (Lipinski definition) is 5. The van der Waals surface area contributed by atoms with Gasteiger partial charge in [0.25, 0.3) is 11.8 Å². The molecule has 2 heterocycles. The molecule has 2 fully saturated rings. The highest BCUT2D eigenvalue weighted by Crippen LogP contribution is 2.31. The number of likely N-dealkylation sites (tertiary alicyclic amines) is 2. The Hall–Kier alpha value is -2.74. The number of aliphatic hydroxyl groups is 1. The molecule has 1 aromatic rings. The molecule has 3 rings (SSSR count). The van der Waals surface area contributed by atoms with Gasteiger partial charge in [0.05, 0.1) is 12.6 Å². The summed E-state index contributed by atoms with van der Waals surface area (Å²) in [7, 11) is 0. The quantitative estimate of drug-likeness (QED) is 0.486. The molecule has 2 saturated heterocycles. The number of carbonyl (C=O) groups excluding carboxylic acids is 4. The van der Waals surface area contributed by atoms with Crippen molar-refractivity contribution in [1.29, 1.82) is 0 Å². The second-order valence-corrected chi connectivity index (χ2v) is 12.5. The number of Topliss-reactive ketones (excluding diaryl/α,β-unsaturated/α-hetero) is 1. The fraction of sp³-hybridized carbons (Fsp3) is 0.667. The summed E-state index contributed by atoms with van der Waals surface area (Å²) in [5, 5.41) is 13.3. The van der Waals surface area contributed by atoms with Crippen LogP contribution in [-0.2, 0) is 19.8 Å². The third kappa shape index (κ3) is 7.22. The lowest BCUT2D eigenvalue weighted by Gasteiger charge is -2.26.